The molecule has 0 radical (unpaired) electrons. The Bertz CT molecular complexity index is 1220. The van der Waals surface area contributed by atoms with Crippen molar-refractivity contribution in [2.24, 2.45) is 0 Å². The Morgan fingerprint density at radius 3 is 2.02 bits per heavy atom. The van der Waals surface area contributed by atoms with Gasteiger partial charge in [0.15, 0.2) is 12.2 Å². The summed E-state index contributed by atoms with van der Waals surface area (Å²) in [6.07, 6.45) is -6.88. The van der Waals surface area contributed by atoms with E-state index in [9.17, 15) is 33.0 Å². The van der Waals surface area contributed by atoms with Crippen molar-refractivity contribution in [2.45, 2.75) is 88.2 Å². The number of aryl methyl sites for hydroxylation is 1. The van der Waals surface area contributed by atoms with Crippen LogP contribution < -0.4 is 5.32 Å². The van der Waals surface area contributed by atoms with Crippen molar-refractivity contribution < 1.29 is 61.4 Å². The molecule has 1 saturated heterocycles. The Morgan fingerprint density at radius 2 is 1.55 bits per heavy atom. The summed E-state index contributed by atoms with van der Waals surface area (Å²) in [6.45, 7) is 6.56. The normalized spacial score (nSPS) is 23.7. The lowest BCUT2D eigenvalue weighted by atomic mass is 9.89. The number of methoxy groups -OCH3 is 1. The molecule has 0 spiro atoms. The summed E-state index contributed by atoms with van der Waals surface area (Å²) < 4.78 is 46.7. The molecule has 1 aromatic carbocycles. The number of hydrogen-bond donors (Lipinski definition) is 1. The Kier molecular flexibility index (Phi) is 12.2. The summed E-state index contributed by atoms with van der Waals surface area (Å²) in [6, 6.07) is 4.96. The summed E-state index contributed by atoms with van der Waals surface area (Å²) in [5.74, 6) is -5.13. The second kappa shape index (κ2) is 14.9. The Hall–Kier alpha value is -3.85. The van der Waals surface area contributed by atoms with Gasteiger partial charge in [0.05, 0.1) is 24.0 Å². The zero-order valence-electron chi connectivity index (χ0n) is 24.3. The van der Waals surface area contributed by atoms with Crippen LogP contribution in [0.15, 0.2) is 29.2 Å². The van der Waals surface area contributed by atoms with Gasteiger partial charge in [-0.2, -0.15) is 0 Å². The van der Waals surface area contributed by atoms with Crippen LogP contribution in [-0.2, 0) is 68.0 Å². The van der Waals surface area contributed by atoms with Gasteiger partial charge in [0, 0.05) is 45.9 Å². The zero-order chi connectivity index (χ0) is 31.8. The second-order valence-electron chi connectivity index (χ2n) is 9.51. The predicted octanol–water partition coefficient (Wildman–Crippen LogP) is 0.624. The summed E-state index contributed by atoms with van der Waals surface area (Å²) in [4.78, 5) is 71.7. The van der Waals surface area contributed by atoms with E-state index in [4.69, 9.17) is 28.4 Å². The molecule has 0 bridgehead atoms. The van der Waals surface area contributed by atoms with Crippen molar-refractivity contribution in [3.05, 3.63) is 29.8 Å². The van der Waals surface area contributed by atoms with Gasteiger partial charge in [-0.1, -0.05) is 17.7 Å². The minimum Gasteiger partial charge on any atom is -0.466 e. The Labute approximate surface area is 245 Å². The molecule has 7 atom stereocenters. The first-order valence-corrected chi connectivity index (χ1v) is 13.9. The predicted molar refractivity (Wildman–Crippen MR) is 143 cm³/mol. The number of carbonyl (C=O) groups is 6. The Balaban J connectivity index is 2.85. The molecule has 1 amide bonds. The van der Waals surface area contributed by atoms with Crippen molar-refractivity contribution in [3.8, 4) is 0 Å². The second-order valence-corrected chi connectivity index (χ2v) is 11.2. The van der Waals surface area contributed by atoms with Gasteiger partial charge in [-0.15, -0.1) is 0 Å². The van der Waals surface area contributed by atoms with Gasteiger partial charge in [0.1, 0.15) is 18.8 Å². The van der Waals surface area contributed by atoms with Gasteiger partial charge in [-0.05, 0) is 19.1 Å². The standard InChI is InChI=1S/C27H35NO13S/c1-14-8-10-20(11-9-14)42(35)27(26(34)36-7)12-21(38-17(4)31)23(28-15(2)29)25(41-27)24(40-19(6)33)22(39-18(5)32)13-37-16(3)30/h8-11,21-25H,12-13H2,1-7H3,(H,28,29)/t21-,22+,23+,24+,25+,27-,42?/m0/s1. The van der Waals surface area contributed by atoms with Crippen LogP contribution in [0.4, 0.5) is 0 Å². The van der Waals surface area contributed by atoms with Crippen molar-refractivity contribution in [1.29, 1.82) is 0 Å². The molecule has 0 aliphatic carbocycles. The fourth-order valence-corrected chi connectivity index (χ4v) is 5.96. The average Bonchev–Trinajstić information content (AvgIpc) is 2.89. The van der Waals surface area contributed by atoms with E-state index in [2.05, 4.69) is 5.32 Å². The highest BCUT2D eigenvalue weighted by molar-refractivity contribution is 7.87. The molecule has 232 valence electrons. The van der Waals surface area contributed by atoms with E-state index in [1.807, 2.05) is 0 Å². The number of hydrogen-bond acceptors (Lipinski definition) is 13. The minimum atomic E-state index is -2.38. The molecule has 1 unspecified atom stereocenters. The maximum atomic E-state index is 14.1. The van der Waals surface area contributed by atoms with E-state index >= 15 is 0 Å². The van der Waals surface area contributed by atoms with E-state index < -0.39 is 95.0 Å². The first-order chi connectivity index (χ1) is 19.6. The lowest BCUT2D eigenvalue weighted by Gasteiger charge is -2.48. The molecule has 1 heterocycles. The topological polar surface area (TPSA) is 187 Å². The van der Waals surface area contributed by atoms with Crippen LogP contribution in [0, 0.1) is 6.92 Å². The highest BCUT2D eigenvalue weighted by Gasteiger charge is 2.61. The SMILES string of the molecule is COC(=O)[C@@]1(S(=O)c2ccc(C)cc2)C[C@H](OC(C)=O)[C@@H](NC(C)=O)[C@H]([C@H](OC(C)=O)[C@@H](COC(C)=O)OC(C)=O)O1. The van der Waals surface area contributed by atoms with Gasteiger partial charge in [0.2, 0.25) is 10.8 Å². The molecule has 1 aliphatic heterocycles. The number of esters is 5. The number of nitrogens with one attached hydrogen (secondary N) is 1. The highest BCUT2D eigenvalue weighted by atomic mass is 32.2. The molecule has 1 aliphatic rings. The maximum absolute atomic E-state index is 14.1. The van der Waals surface area contributed by atoms with Gasteiger partial charge in [-0.25, -0.2) is 4.79 Å². The van der Waals surface area contributed by atoms with E-state index in [-0.39, 0.29) is 4.90 Å². The van der Waals surface area contributed by atoms with E-state index in [0.717, 1.165) is 47.3 Å². The molecule has 15 heteroatoms. The molecule has 1 fully saturated rings. The molecular weight excluding hydrogens is 578 g/mol. The molecule has 42 heavy (non-hydrogen) atoms. The maximum Gasteiger partial charge on any atom is 0.352 e. The third-order valence-electron chi connectivity index (χ3n) is 6.03. The zero-order valence-corrected chi connectivity index (χ0v) is 25.1. The molecule has 0 saturated carbocycles. The van der Waals surface area contributed by atoms with Crippen molar-refractivity contribution in [2.75, 3.05) is 13.7 Å². The van der Waals surface area contributed by atoms with E-state index in [0.29, 0.717) is 0 Å². The number of amides is 1. The number of carbonyl (C=O) groups excluding carboxylic acids is 6. The van der Waals surface area contributed by atoms with Crippen molar-refractivity contribution >= 4 is 46.6 Å². The first kappa shape index (κ1) is 34.4. The van der Waals surface area contributed by atoms with Crippen molar-refractivity contribution in [1.82, 2.24) is 5.32 Å². The molecule has 1 aromatic rings. The molecule has 14 nitrogen and oxygen atoms in total. The van der Waals surface area contributed by atoms with Gasteiger partial charge in [0.25, 0.3) is 0 Å². The van der Waals surface area contributed by atoms with Crippen LogP contribution >= 0.6 is 0 Å². The largest absolute Gasteiger partial charge is 0.466 e. The van der Waals surface area contributed by atoms with Crippen LogP contribution in [0.2, 0.25) is 0 Å². The summed E-state index contributed by atoms with van der Waals surface area (Å²) in [5.41, 5.74) is 0.832. The van der Waals surface area contributed by atoms with E-state index in [1.54, 1.807) is 19.1 Å². The van der Waals surface area contributed by atoms with Gasteiger partial charge < -0.3 is 33.7 Å². The minimum absolute atomic E-state index is 0.143. The Morgan fingerprint density at radius 1 is 0.952 bits per heavy atom. The van der Waals surface area contributed by atoms with Gasteiger partial charge >= 0.3 is 29.8 Å². The van der Waals surface area contributed by atoms with Crippen LogP contribution in [0.3, 0.4) is 0 Å². The third-order valence-corrected chi connectivity index (χ3v) is 7.76. The quantitative estimate of drug-likeness (QED) is 0.271. The fraction of sp³-hybridized carbons (Fsp3) is 0.556. The van der Waals surface area contributed by atoms with Crippen LogP contribution in [0.25, 0.3) is 0 Å². The molecular formula is C27H35NO13S. The number of rotatable bonds is 11. The van der Waals surface area contributed by atoms with Crippen LogP contribution in [0.1, 0.15) is 46.6 Å². The van der Waals surface area contributed by atoms with E-state index in [1.165, 1.54) is 12.1 Å². The molecule has 2 rings (SSSR count). The first-order valence-electron chi connectivity index (χ1n) is 12.8. The summed E-state index contributed by atoms with van der Waals surface area (Å²) in [7, 11) is -1.32. The van der Waals surface area contributed by atoms with Crippen LogP contribution in [0.5, 0.6) is 0 Å². The van der Waals surface area contributed by atoms with Crippen molar-refractivity contribution in [3.63, 3.8) is 0 Å². The monoisotopic (exact) mass is 613 g/mol. The average molecular weight is 614 g/mol. The molecule has 0 aromatic heterocycles. The highest BCUT2D eigenvalue weighted by Crippen LogP contribution is 2.40. The fourth-order valence-electron chi connectivity index (χ4n) is 4.44. The number of benzene rings is 1. The molecule has 1 N–H and O–H groups in total. The lowest BCUT2D eigenvalue weighted by molar-refractivity contribution is -0.224. The summed E-state index contributed by atoms with van der Waals surface area (Å²) in [5, 5.41) is 2.56. The van der Waals surface area contributed by atoms with Gasteiger partial charge in [-0.3, -0.25) is 28.2 Å². The lowest BCUT2D eigenvalue weighted by Crippen LogP contribution is -2.69. The van der Waals surface area contributed by atoms with Crippen LogP contribution in [-0.4, -0.2) is 89.1 Å². The smallest absolute Gasteiger partial charge is 0.352 e. The third kappa shape index (κ3) is 8.82. The number of ether oxygens (including phenoxy) is 6. The summed E-state index contributed by atoms with van der Waals surface area (Å²) >= 11 is 0.